The van der Waals surface area contributed by atoms with Crippen LogP contribution in [0.2, 0.25) is 0 Å². The molecule has 0 unspecified atom stereocenters. The highest BCUT2D eigenvalue weighted by atomic mass is 16.5. The lowest BCUT2D eigenvalue weighted by Crippen LogP contribution is -2.31. The molecule has 0 bridgehead atoms. The second-order valence-electron chi connectivity index (χ2n) is 5.84. The van der Waals surface area contributed by atoms with Crippen LogP contribution in [0.3, 0.4) is 0 Å². The van der Waals surface area contributed by atoms with Crippen molar-refractivity contribution < 1.29 is 14.3 Å². The normalized spacial score (nSPS) is 12.6. The van der Waals surface area contributed by atoms with Crippen LogP contribution in [0, 0.1) is 0 Å². The zero-order chi connectivity index (χ0) is 16.9. The smallest absolute Gasteiger partial charge is 0.253 e. The van der Waals surface area contributed by atoms with Crippen molar-refractivity contribution >= 4 is 5.91 Å². The first kappa shape index (κ1) is 16.3. The standard InChI is InChI=1S/C19H22N2O3/c1-21(9-10-24-18-7-5-17(23-2)6-8-18)19(22)14-3-4-15-12-20-13-16(15)11-14/h3-8,11,20H,9-10,12-13H2,1-2H3. The fourth-order valence-corrected chi connectivity index (χ4v) is 2.72. The van der Waals surface area contributed by atoms with E-state index in [0.717, 1.165) is 30.2 Å². The second kappa shape index (κ2) is 7.36. The lowest BCUT2D eigenvalue weighted by Gasteiger charge is -2.18. The summed E-state index contributed by atoms with van der Waals surface area (Å²) in [6.07, 6.45) is 0. The Kier molecular flexibility index (Phi) is 5.01. The van der Waals surface area contributed by atoms with Crippen molar-refractivity contribution in [1.82, 2.24) is 10.2 Å². The van der Waals surface area contributed by atoms with E-state index in [-0.39, 0.29) is 5.91 Å². The third kappa shape index (κ3) is 3.68. The Morgan fingerprint density at radius 3 is 2.54 bits per heavy atom. The van der Waals surface area contributed by atoms with Crippen LogP contribution in [0.15, 0.2) is 42.5 Å². The minimum Gasteiger partial charge on any atom is -0.497 e. The highest BCUT2D eigenvalue weighted by Gasteiger charge is 2.16. The first-order chi connectivity index (χ1) is 11.7. The van der Waals surface area contributed by atoms with E-state index in [1.807, 2.05) is 42.5 Å². The van der Waals surface area contributed by atoms with E-state index >= 15 is 0 Å². The molecule has 5 heteroatoms. The monoisotopic (exact) mass is 326 g/mol. The summed E-state index contributed by atoms with van der Waals surface area (Å²) in [4.78, 5) is 14.2. The highest BCUT2D eigenvalue weighted by molar-refractivity contribution is 5.94. The average Bonchev–Trinajstić information content (AvgIpc) is 3.09. The van der Waals surface area contributed by atoms with Gasteiger partial charge >= 0.3 is 0 Å². The molecule has 1 amide bonds. The van der Waals surface area contributed by atoms with Gasteiger partial charge in [-0.05, 0) is 47.5 Å². The van der Waals surface area contributed by atoms with Crippen molar-refractivity contribution in [3.05, 3.63) is 59.2 Å². The molecule has 24 heavy (non-hydrogen) atoms. The van der Waals surface area contributed by atoms with Gasteiger partial charge in [-0.25, -0.2) is 0 Å². The molecule has 1 heterocycles. The van der Waals surface area contributed by atoms with Crippen LogP contribution in [0.5, 0.6) is 11.5 Å². The van der Waals surface area contributed by atoms with Crippen LogP contribution < -0.4 is 14.8 Å². The quantitative estimate of drug-likeness (QED) is 0.886. The summed E-state index contributed by atoms with van der Waals surface area (Å²) in [5, 5.41) is 3.29. The summed E-state index contributed by atoms with van der Waals surface area (Å²) in [6.45, 7) is 2.69. The van der Waals surface area contributed by atoms with Gasteiger partial charge in [-0.15, -0.1) is 0 Å². The average molecular weight is 326 g/mol. The van der Waals surface area contributed by atoms with Gasteiger partial charge in [0.15, 0.2) is 0 Å². The third-order valence-electron chi connectivity index (χ3n) is 4.19. The van der Waals surface area contributed by atoms with Crippen molar-refractivity contribution in [2.24, 2.45) is 0 Å². The Morgan fingerprint density at radius 2 is 1.79 bits per heavy atom. The number of carbonyl (C=O) groups is 1. The van der Waals surface area contributed by atoms with Crippen LogP contribution in [-0.4, -0.2) is 38.1 Å². The zero-order valence-electron chi connectivity index (χ0n) is 14.0. The van der Waals surface area contributed by atoms with Crippen LogP contribution >= 0.6 is 0 Å². The van der Waals surface area contributed by atoms with E-state index in [0.29, 0.717) is 13.2 Å². The molecule has 2 aromatic rings. The lowest BCUT2D eigenvalue weighted by atomic mass is 10.1. The van der Waals surface area contributed by atoms with Gasteiger partial charge in [-0.1, -0.05) is 6.07 Å². The molecule has 0 saturated carbocycles. The maximum absolute atomic E-state index is 12.5. The molecule has 1 N–H and O–H groups in total. The first-order valence-electron chi connectivity index (χ1n) is 8.02. The Morgan fingerprint density at radius 1 is 1.08 bits per heavy atom. The number of ether oxygens (including phenoxy) is 2. The molecule has 126 valence electrons. The maximum atomic E-state index is 12.5. The number of rotatable bonds is 6. The Labute approximate surface area is 142 Å². The third-order valence-corrected chi connectivity index (χ3v) is 4.19. The Balaban J connectivity index is 1.52. The minimum absolute atomic E-state index is 0.0167. The lowest BCUT2D eigenvalue weighted by molar-refractivity contribution is 0.0773. The van der Waals surface area contributed by atoms with Gasteiger partial charge < -0.3 is 19.7 Å². The summed E-state index contributed by atoms with van der Waals surface area (Å²) < 4.78 is 10.8. The SMILES string of the molecule is COc1ccc(OCCN(C)C(=O)c2ccc3c(c2)CNC3)cc1. The van der Waals surface area contributed by atoms with E-state index in [4.69, 9.17) is 9.47 Å². The molecule has 0 radical (unpaired) electrons. The van der Waals surface area contributed by atoms with E-state index in [1.165, 1.54) is 11.1 Å². The van der Waals surface area contributed by atoms with Crippen molar-refractivity contribution in [2.45, 2.75) is 13.1 Å². The van der Waals surface area contributed by atoms with Gasteiger partial charge in [-0.3, -0.25) is 4.79 Å². The Bertz CT molecular complexity index is 713. The number of benzene rings is 2. The first-order valence-corrected chi connectivity index (χ1v) is 8.02. The molecule has 0 atom stereocenters. The van der Waals surface area contributed by atoms with Gasteiger partial charge in [-0.2, -0.15) is 0 Å². The number of amides is 1. The molecule has 3 rings (SSSR count). The summed E-state index contributed by atoms with van der Waals surface area (Å²) in [7, 11) is 3.43. The number of hydrogen-bond acceptors (Lipinski definition) is 4. The molecular formula is C19H22N2O3. The molecule has 0 saturated heterocycles. The fourth-order valence-electron chi connectivity index (χ4n) is 2.72. The number of fused-ring (bicyclic) bond motifs is 1. The summed E-state index contributed by atoms with van der Waals surface area (Å²) in [5.41, 5.74) is 3.21. The summed E-state index contributed by atoms with van der Waals surface area (Å²) >= 11 is 0. The van der Waals surface area contributed by atoms with E-state index in [9.17, 15) is 4.79 Å². The number of carbonyl (C=O) groups excluding carboxylic acids is 1. The summed E-state index contributed by atoms with van der Waals surface area (Å²) in [6, 6.07) is 13.3. The predicted octanol–water partition coefficient (Wildman–Crippen LogP) is 2.45. The number of hydrogen-bond donors (Lipinski definition) is 1. The maximum Gasteiger partial charge on any atom is 0.253 e. The number of nitrogens with one attached hydrogen (secondary N) is 1. The van der Waals surface area contributed by atoms with E-state index in [1.54, 1.807) is 19.1 Å². The zero-order valence-corrected chi connectivity index (χ0v) is 14.0. The predicted molar refractivity (Wildman–Crippen MR) is 92.4 cm³/mol. The molecule has 0 spiro atoms. The van der Waals surface area contributed by atoms with Gasteiger partial charge in [0.25, 0.3) is 5.91 Å². The van der Waals surface area contributed by atoms with Gasteiger partial charge in [0.1, 0.15) is 18.1 Å². The summed E-state index contributed by atoms with van der Waals surface area (Å²) in [5.74, 6) is 1.57. The van der Waals surface area contributed by atoms with Crippen molar-refractivity contribution in [3.63, 3.8) is 0 Å². The number of likely N-dealkylation sites (N-methyl/N-ethyl adjacent to an activating group) is 1. The molecule has 0 aromatic heterocycles. The molecular weight excluding hydrogens is 304 g/mol. The van der Waals surface area contributed by atoms with Crippen molar-refractivity contribution in [2.75, 3.05) is 27.3 Å². The number of methoxy groups -OCH3 is 1. The molecule has 1 aliphatic heterocycles. The van der Waals surface area contributed by atoms with Crippen molar-refractivity contribution in [3.8, 4) is 11.5 Å². The minimum atomic E-state index is 0.0167. The highest BCUT2D eigenvalue weighted by Crippen LogP contribution is 2.19. The van der Waals surface area contributed by atoms with Gasteiger partial charge in [0, 0.05) is 25.7 Å². The van der Waals surface area contributed by atoms with Crippen LogP contribution in [0.1, 0.15) is 21.5 Å². The van der Waals surface area contributed by atoms with Crippen LogP contribution in [-0.2, 0) is 13.1 Å². The molecule has 0 aliphatic carbocycles. The molecule has 0 fully saturated rings. The molecule has 2 aromatic carbocycles. The molecule has 1 aliphatic rings. The van der Waals surface area contributed by atoms with Gasteiger partial charge in [0.2, 0.25) is 0 Å². The van der Waals surface area contributed by atoms with E-state index < -0.39 is 0 Å². The number of nitrogens with zero attached hydrogens (tertiary/aromatic N) is 1. The molecule has 5 nitrogen and oxygen atoms in total. The van der Waals surface area contributed by atoms with E-state index in [2.05, 4.69) is 5.32 Å². The fraction of sp³-hybridized carbons (Fsp3) is 0.316. The van der Waals surface area contributed by atoms with Gasteiger partial charge in [0.05, 0.1) is 13.7 Å². The largest absolute Gasteiger partial charge is 0.497 e. The van der Waals surface area contributed by atoms with Crippen LogP contribution in [0.25, 0.3) is 0 Å². The second-order valence-corrected chi connectivity index (χ2v) is 5.84. The topological polar surface area (TPSA) is 50.8 Å². The van der Waals surface area contributed by atoms with Crippen LogP contribution in [0.4, 0.5) is 0 Å². The van der Waals surface area contributed by atoms with Crippen molar-refractivity contribution in [1.29, 1.82) is 0 Å². The Hall–Kier alpha value is -2.53.